The van der Waals surface area contributed by atoms with Gasteiger partial charge in [-0.25, -0.2) is 0 Å². The molecule has 3 N–H and O–H groups in total. The number of para-hydroxylation sites is 1. The number of fused-ring (bicyclic) bond motifs is 1. The van der Waals surface area contributed by atoms with Gasteiger partial charge in [0.1, 0.15) is 5.75 Å². The molecule has 1 aliphatic carbocycles. The Hall–Kier alpha value is -4.12. The summed E-state index contributed by atoms with van der Waals surface area (Å²) in [5.41, 5.74) is 3.22. The van der Waals surface area contributed by atoms with Crippen LogP contribution in [-0.4, -0.2) is 59.7 Å². The fourth-order valence-corrected chi connectivity index (χ4v) is 14.0. The lowest BCUT2D eigenvalue weighted by atomic mass is 9.68. The molecule has 1 aliphatic heterocycles. The molecule has 1 saturated heterocycles. The summed E-state index contributed by atoms with van der Waals surface area (Å²) in [6.07, 6.45) is 3.88. The Bertz CT molecular complexity index is 1910. The van der Waals surface area contributed by atoms with Crippen LogP contribution in [0.2, 0.25) is 5.04 Å². The summed E-state index contributed by atoms with van der Waals surface area (Å²) in [7, 11) is -3.02. The standard InChI is InChI=1S/C45H53NO6SSi/c1-5-15-31(26-32-16-12-13-22-39(32)48)23-24-40(49)41-33(27-37-42(38(41)29-47)44(51)46(43(37)50)28-34-17-14-25-53-34)30-52-54(45(2,3)4,35-18-8-6-9-19-35)36-20-10-7-11-21-36/h6-14,16-22,25-26,37-38,40,42,47-49H,5,15,23-24,27-30H2,1-4H3/b31-26+/t37-,38+,40-,42-/m1/s1. The summed E-state index contributed by atoms with van der Waals surface area (Å²) in [4.78, 5) is 30.6. The fourth-order valence-electron chi connectivity index (χ4n) is 8.73. The average Bonchev–Trinajstić information content (AvgIpc) is 3.77. The number of phenolic OH excluding ortho intramolecular Hbond substituents is 1. The Balaban J connectivity index is 1.41. The Morgan fingerprint density at radius 1 is 0.926 bits per heavy atom. The Labute approximate surface area is 324 Å². The molecule has 3 aromatic carbocycles. The second-order valence-corrected chi connectivity index (χ2v) is 21.0. The van der Waals surface area contributed by atoms with Gasteiger partial charge in [-0.2, -0.15) is 0 Å². The molecule has 284 valence electrons. The molecule has 7 nitrogen and oxygen atoms in total. The third-order valence-corrected chi connectivity index (χ3v) is 17.1. The van der Waals surface area contributed by atoms with Crippen molar-refractivity contribution >= 4 is 47.9 Å². The fraction of sp³-hybridized carbons (Fsp3) is 0.378. The molecule has 0 saturated carbocycles. The topological polar surface area (TPSA) is 107 Å². The van der Waals surface area contributed by atoms with Crippen LogP contribution in [0.15, 0.2) is 119 Å². The maximum Gasteiger partial charge on any atom is 0.261 e. The largest absolute Gasteiger partial charge is 0.507 e. The van der Waals surface area contributed by atoms with Gasteiger partial charge < -0.3 is 19.7 Å². The summed E-state index contributed by atoms with van der Waals surface area (Å²) >= 11 is 1.50. The first kappa shape index (κ1) is 39.6. The maximum absolute atomic E-state index is 14.2. The van der Waals surface area contributed by atoms with E-state index >= 15 is 0 Å². The number of hydrogen-bond donors (Lipinski definition) is 3. The van der Waals surface area contributed by atoms with E-state index in [2.05, 4.69) is 52.0 Å². The molecule has 1 aromatic heterocycles. The normalized spacial score (nSPS) is 20.1. The van der Waals surface area contributed by atoms with E-state index in [0.717, 1.165) is 44.8 Å². The first-order chi connectivity index (χ1) is 26.0. The molecule has 2 aliphatic rings. The number of likely N-dealkylation sites (tertiary alicyclic amines) is 1. The molecule has 0 radical (unpaired) electrons. The van der Waals surface area contributed by atoms with Crippen LogP contribution >= 0.6 is 11.3 Å². The van der Waals surface area contributed by atoms with Crippen molar-refractivity contribution in [1.29, 1.82) is 0 Å². The zero-order valence-electron chi connectivity index (χ0n) is 31.8. The Morgan fingerprint density at radius 3 is 2.15 bits per heavy atom. The van der Waals surface area contributed by atoms with E-state index in [-0.39, 0.29) is 48.8 Å². The van der Waals surface area contributed by atoms with Crippen LogP contribution in [0.5, 0.6) is 5.75 Å². The van der Waals surface area contributed by atoms with Crippen molar-refractivity contribution in [3.05, 3.63) is 130 Å². The number of aliphatic hydroxyl groups excluding tert-OH is 2. The number of thiophene rings is 1. The number of carbonyl (C=O) groups is 2. The predicted molar refractivity (Wildman–Crippen MR) is 219 cm³/mol. The molecule has 4 aromatic rings. The van der Waals surface area contributed by atoms with Crippen molar-refractivity contribution in [2.45, 2.75) is 77.5 Å². The average molecular weight is 764 g/mol. The van der Waals surface area contributed by atoms with Gasteiger partial charge in [0.2, 0.25) is 11.8 Å². The maximum atomic E-state index is 14.2. The molecule has 2 heterocycles. The van der Waals surface area contributed by atoms with Crippen molar-refractivity contribution in [2.75, 3.05) is 13.2 Å². The number of rotatable bonds is 15. The van der Waals surface area contributed by atoms with Gasteiger partial charge in [-0.15, -0.1) is 11.3 Å². The van der Waals surface area contributed by atoms with Crippen molar-refractivity contribution in [3.63, 3.8) is 0 Å². The molecule has 0 bridgehead atoms. The van der Waals surface area contributed by atoms with E-state index in [9.17, 15) is 24.9 Å². The lowest BCUT2D eigenvalue weighted by Gasteiger charge is -2.44. The van der Waals surface area contributed by atoms with E-state index in [1.54, 1.807) is 12.1 Å². The second-order valence-electron chi connectivity index (χ2n) is 15.6. The zero-order valence-corrected chi connectivity index (χ0v) is 33.6. The number of phenols is 1. The number of benzene rings is 3. The molecule has 1 fully saturated rings. The smallest absolute Gasteiger partial charge is 0.261 e. The number of hydrogen-bond acceptors (Lipinski definition) is 7. The van der Waals surface area contributed by atoms with Gasteiger partial charge in [0, 0.05) is 16.4 Å². The summed E-state index contributed by atoms with van der Waals surface area (Å²) in [5, 5.41) is 37.7. The molecule has 0 unspecified atom stereocenters. The highest BCUT2D eigenvalue weighted by molar-refractivity contribution is 7.09. The molecule has 0 spiro atoms. The number of carbonyl (C=O) groups excluding carboxylic acids is 2. The van der Waals surface area contributed by atoms with Crippen LogP contribution in [-0.2, 0) is 20.6 Å². The lowest BCUT2D eigenvalue weighted by molar-refractivity contribution is -0.140. The minimum Gasteiger partial charge on any atom is -0.507 e. The van der Waals surface area contributed by atoms with E-state index < -0.39 is 32.2 Å². The van der Waals surface area contributed by atoms with Gasteiger partial charge >= 0.3 is 0 Å². The predicted octanol–water partition coefficient (Wildman–Crippen LogP) is 7.47. The molecule has 4 atom stereocenters. The summed E-state index contributed by atoms with van der Waals surface area (Å²) in [6.45, 7) is 8.72. The molecule has 9 heteroatoms. The second kappa shape index (κ2) is 17.1. The van der Waals surface area contributed by atoms with Crippen LogP contribution < -0.4 is 10.4 Å². The highest BCUT2D eigenvalue weighted by Gasteiger charge is 2.56. The van der Waals surface area contributed by atoms with Crippen LogP contribution in [0.4, 0.5) is 0 Å². The third kappa shape index (κ3) is 7.97. The molecular formula is C45H53NO6SSi. The summed E-state index contributed by atoms with van der Waals surface area (Å²) < 4.78 is 7.40. The first-order valence-electron chi connectivity index (χ1n) is 19.1. The highest BCUT2D eigenvalue weighted by Crippen LogP contribution is 2.48. The summed E-state index contributed by atoms with van der Waals surface area (Å²) in [5.74, 6) is -2.48. The number of nitrogens with zero attached hydrogens (tertiary/aromatic N) is 1. The van der Waals surface area contributed by atoms with E-state index in [1.807, 2.05) is 72.1 Å². The molecule has 2 amide bonds. The van der Waals surface area contributed by atoms with Gasteiger partial charge in [-0.1, -0.05) is 131 Å². The number of aliphatic hydroxyl groups is 2. The Kier molecular flexibility index (Phi) is 12.5. The number of aromatic hydroxyl groups is 1. The number of amides is 2. The lowest BCUT2D eigenvalue weighted by Crippen LogP contribution is -2.66. The van der Waals surface area contributed by atoms with Crippen LogP contribution in [0.25, 0.3) is 6.08 Å². The van der Waals surface area contributed by atoms with Crippen molar-refractivity contribution in [2.24, 2.45) is 17.8 Å². The van der Waals surface area contributed by atoms with Gasteiger partial charge in [-0.3, -0.25) is 14.5 Å². The SMILES string of the molecule is CCC/C(=C\c1ccccc1O)CC[C@@H](O)C1=C(CO[Si](c2ccccc2)(c2ccccc2)C(C)(C)C)C[C@H]2C(=O)N(Cc3cccs3)C(=O)[C@H]2[C@H]1CO. The van der Waals surface area contributed by atoms with E-state index in [0.29, 0.717) is 18.4 Å². The quantitative estimate of drug-likeness (QED) is 0.0660. The monoisotopic (exact) mass is 763 g/mol. The van der Waals surface area contributed by atoms with Crippen LogP contribution in [0.1, 0.15) is 70.2 Å². The van der Waals surface area contributed by atoms with Crippen molar-refractivity contribution < 1.29 is 29.3 Å². The zero-order chi connectivity index (χ0) is 38.5. The Morgan fingerprint density at radius 2 is 1.57 bits per heavy atom. The van der Waals surface area contributed by atoms with Crippen LogP contribution in [0.3, 0.4) is 0 Å². The number of imide groups is 1. The first-order valence-corrected chi connectivity index (χ1v) is 21.9. The van der Waals surface area contributed by atoms with Crippen LogP contribution in [0, 0.1) is 17.8 Å². The van der Waals surface area contributed by atoms with Gasteiger partial charge in [0.15, 0.2) is 0 Å². The minimum absolute atomic E-state index is 0.154. The summed E-state index contributed by atoms with van der Waals surface area (Å²) in [6, 6.07) is 31.8. The highest BCUT2D eigenvalue weighted by atomic mass is 32.1. The third-order valence-electron chi connectivity index (χ3n) is 11.2. The van der Waals surface area contributed by atoms with Gasteiger partial charge in [0.05, 0.1) is 37.7 Å². The van der Waals surface area contributed by atoms with E-state index in [4.69, 9.17) is 4.43 Å². The molecular weight excluding hydrogens is 711 g/mol. The molecule has 54 heavy (non-hydrogen) atoms. The van der Waals surface area contributed by atoms with Crippen molar-refractivity contribution in [3.8, 4) is 5.75 Å². The van der Waals surface area contributed by atoms with Gasteiger partial charge in [-0.05, 0) is 69.8 Å². The molecule has 6 rings (SSSR count). The minimum atomic E-state index is -3.02. The van der Waals surface area contributed by atoms with Crippen molar-refractivity contribution in [1.82, 2.24) is 4.90 Å². The van der Waals surface area contributed by atoms with E-state index in [1.165, 1.54) is 16.2 Å². The van der Waals surface area contributed by atoms with Gasteiger partial charge in [0.25, 0.3) is 8.32 Å². The number of allylic oxidation sites excluding steroid dienone is 1.